The van der Waals surface area contributed by atoms with Crippen LogP contribution in [-0.2, 0) is 4.79 Å². The molecule has 0 aromatic carbocycles. The zero-order chi connectivity index (χ0) is 11.8. The van der Waals surface area contributed by atoms with E-state index in [0.717, 1.165) is 12.2 Å². The number of rotatable bonds is 8. The number of carbonyl (C=O) groups excluding carboxylic acids is 1. The van der Waals surface area contributed by atoms with Gasteiger partial charge in [0.25, 0.3) is 0 Å². The number of ketones is 1. The van der Waals surface area contributed by atoms with Gasteiger partial charge in [-0.05, 0) is 24.0 Å². The van der Waals surface area contributed by atoms with Gasteiger partial charge in [-0.25, -0.2) is 0 Å². The van der Waals surface area contributed by atoms with Crippen molar-refractivity contribution >= 4 is 17.5 Å². The summed E-state index contributed by atoms with van der Waals surface area (Å²) in [5.41, 5.74) is 0. The normalized spacial score (nSPS) is 13.5. The van der Waals surface area contributed by atoms with Crippen LogP contribution < -0.4 is 0 Å². The molecular formula is C12H24O2S. The summed E-state index contributed by atoms with van der Waals surface area (Å²) in [6.07, 6.45) is 1.58. The van der Waals surface area contributed by atoms with Gasteiger partial charge in [-0.2, -0.15) is 11.8 Å². The van der Waals surface area contributed by atoms with E-state index in [1.165, 1.54) is 0 Å². The van der Waals surface area contributed by atoms with Crippen LogP contribution in [0.15, 0.2) is 0 Å². The Balaban J connectivity index is 4.00. The van der Waals surface area contributed by atoms with Crippen molar-refractivity contribution in [3.8, 4) is 0 Å². The van der Waals surface area contributed by atoms with Gasteiger partial charge in [0.05, 0.1) is 0 Å². The largest absolute Gasteiger partial charge is 0.389 e. The molecule has 0 spiro atoms. The molecule has 0 fully saturated rings. The number of aliphatic hydroxyl groups excluding tert-OH is 1. The molecule has 0 radical (unpaired) electrons. The average molecular weight is 232 g/mol. The maximum absolute atomic E-state index is 11.2. The first-order valence-electron chi connectivity index (χ1n) is 5.69. The van der Waals surface area contributed by atoms with Gasteiger partial charge in [-0.15, -0.1) is 0 Å². The van der Waals surface area contributed by atoms with Gasteiger partial charge in [-0.1, -0.05) is 27.7 Å². The van der Waals surface area contributed by atoms with Crippen molar-refractivity contribution in [1.29, 1.82) is 0 Å². The third-order valence-electron chi connectivity index (χ3n) is 2.03. The van der Waals surface area contributed by atoms with Crippen LogP contribution in [0.2, 0.25) is 0 Å². The molecule has 0 rings (SSSR count). The molecule has 0 aliphatic heterocycles. The van der Waals surface area contributed by atoms with Gasteiger partial charge < -0.3 is 5.11 Å². The standard InChI is InChI=1S/C12H24O2S/c1-9(2)5-12(6-11(14)7-13)15-8-10(3)4/h9-10,12-13H,5-8H2,1-4H3. The molecule has 15 heavy (non-hydrogen) atoms. The van der Waals surface area contributed by atoms with Gasteiger partial charge in [0, 0.05) is 11.7 Å². The second-order valence-corrected chi connectivity index (χ2v) is 6.21. The van der Waals surface area contributed by atoms with Crippen LogP contribution in [0.5, 0.6) is 0 Å². The van der Waals surface area contributed by atoms with Crippen molar-refractivity contribution in [1.82, 2.24) is 0 Å². The fraction of sp³-hybridized carbons (Fsp3) is 0.917. The molecule has 90 valence electrons. The minimum absolute atomic E-state index is 0.0306. The highest BCUT2D eigenvalue weighted by Gasteiger charge is 2.15. The smallest absolute Gasteiger partial charge is 0.159 e. The SMILES string of the molecule is CC(C)CSC(CC(=O)CO)CC(C)C. The molecular weight excluding hydrogens is 208 g/mol. The summed E-state index contributed by atoms with van der Waals surface area (Å²) in [7, 11) is 0. The van der Waals surface area contributed by atoms with Crippen molar-refractivity contribution in [2.75, 3.05) is 12.4 Å². The Kier molecular flexibility index (Phi) is 8.16. The van der Waals surface area contributed by atoms with Crippen LogP contribution in [0.3, 0.4) is 0 Å². The van der Waals surface area contributed by atoms with Crippen LogP contribution >= 0.6 is 11.8 Å². The van der Waals surface area contributed by atoms with E-state index in [0.29, 0.717) is 23.5 Å². The Hall–Kier alpha value is -0.0200. The van der Waals surface area contributed by atoms with Crippen LogP contribution in [0, 0.1) is 11.8 Å². The van der Waals surface area contributed by atoms with Gasteiger partial charge in [0.1, 0.15) is 6.61 Å². The lowest BCUT2D eigenvalue weighted by Crippen LogP contribution is -2.16. The summed E-state index contributed by atoms with van der Waals surface area (Å²) in [5.74, 6) is 2.34. The molecule has 0 aliphatic carbocycles. The zero-order valence-electron chi connectivity index (χ0n) is 10.3. The Labute approximate surface area is 97.8 Å². The summed E-state index contributed by atoms with van der Waals surface area (Å²) < 4.78 is 0. The molecule has 0 saturated heterocycles. The number of aliphatic hydroxyl groups is 1. The topological polar surface area (TPSA) is 37.3 Å². The maximum Gasteiger partial charge on any atom is 0.159 e. The number of Topliss-reactive ketones (excluding diaryl/α,β-unsaturated/α-hetero) is 1. The Morgan fingerprint density at radius 1 is 1.20 bits per heavy atom. The lowest BCUT2D eigenvalue weighted by atomic mass is 10.0. The van der Waals surface area contributed by atoms with Gasteiger partial charge in [0.2, 0.25) is 0 Å². The number of hydrogen-bond acceptors (Lipinski definition) is 3. The molecule has 3 heteroatoms. The van der Waals surface area contributed by atoms with E-state index in [-0.39, 0.29) is 12.4 Å². The first-order chi connectivity index (χ1) is 6.95. The van der Waals surface area contributed by atoms with E-state index in [1.54, 1.807) is 0 Å². The predicted octanol–water partition coefficient (Wildman–Crippen LogP) is 2.74. The lowest BCUT2D eigenvalue weighted by Gasteiger charge is -2.18. The first-order valence-corrected chi connectivity index (χ1v) is 6.74. The van der Waals surface area contributed by atoms with Crippen LogP contribution in [0.4, 0.5) is 0 Å². The van der Waals surface area contributed by atoms with E-state index in [2.05, 4.69) is 27.7 Å². The minimum Gasteiger partial charge on any atom is -0.389 e. The molecule has 0 aromatic rings. The molecule has 0 heterocycles. The fourth-order valence-electron chi connectivity index (χ4n) is 1.38. The van der Waals surface area contributed by atoms with E-state index in [1.807, 2.05) is 11.8 Å². The summed E-state index contributed by atoms with van der Waals surface area (Å²) >= 11 is 1.87. The Morgan fingerprint density at radius 3 is 2.20 bits per heavy atom. The molecule has 1 unspecified atom stereocenters. The summed E-state index contributed by atoms with van der Waals surface area (Å²) in [6, 6.07) is 0. The number of hydrogen-bond donors (Lipinski definition) is 1. The van der Waals surface area contributed by atoms with E-state index in [4.69, 9.17) is 5.11 Å². The molecule has 0 saturated carbocycles. The number of carbonyl (C=O) groups is 1. The van der Waals surface area contributed by atoms with Gasteiger partial charge in [-0.3, -0.25) is 4.79 Å². The van der Waals surface area contributed by atoms with E-state index < -0.39 is 0 Å². The highest BCUT2D eigenvalue weighted by Crippen LogP contribution is 2.24. The van der Waals surface area contributed by atoms with Crippen LogP contribution in [-0.4, -0.2) is 28.5 Å². The first kappa shape index (κ1) is 15.0. The molecule has 0 aromatic heterocycles. The Morgan fingerprint density at radius 2 is 1.80 bits per heavy atom. The quantitative estimate of drug-likeness (QED) is 0.699. The van der Waals surface area contributed by atoms with Gasteiger partial charge in [0.15, 0.2) is 5.78 Å². The monoisotopic (exact) mass is 232 g/mol. The number of thioether (sulfide) groups is 1. The molecule has 0 bridgehead atoms. The predicted molar refractivity (Wildman–Crippen MR) is 67.2 cm³/mol. The molecule has 0 amide bonds. The average Bonchev–Trinajstić information content (AvgIpc) is 2.13. The van der Waals surface area contributed by atoms with E-state index >= 15 is 0 Å². The third-order valence-corrected chi connectivity index (χ3v) is 3.72. The Bertz CT molecular complexity index is 178. The van der Waals surface area contributed by atoms with Crippen molar-refractivity contribution in [2.45, 2.75) is 45.8 Å². The van der Waals surface area contributed by atoms with Gasteiger partial charge >= 0.3 is 0 Å². The molecule has 1 atom stereocenters. The fourth-order valence-corrected chi connectivity index (χ4v) is 2.86. The van der Waals surface area contributed by atoms with Crippen LogP contribution in [0.25, 0.3) is 0 Å². The molecule has 1 N–H and O–H groups in total. The third kappa shape index (κ3) is 8.94. The highest BCUT2D eigenvalue weighted by molar-refractivity contribution is 7.99. The van der Waals surface area contributed by atoms with Crippen molar-refractivity contribution in [2.24, 2.45) is 11.8 Å². The summed E-state index contributed by atoms with van der Waals surface area (Å²) in [5, 5.41) is 9.12. The minimum atomic E-state index is -0.309. The second kappa shape index (κ2) is 8.17. The molecule has 0 aliphatic rings. The van der Waals surface area contributed by atoms with Crippen molar-refractivity contribution < 1.29 is 9.90 Å². The van der Waals surface area contributed by atoms with Crippen molar-refractivity contribution in [3.63, 3.8) is 0 Å². The second-order valence-electron chi connectivity index (χ2n) is 4.88. The van der Waals surface area contributed by atoms with E-state index in [9.17, 15) is 4.79 Å². The highest BCUT2D eigenvalue weighted by atomic mass is 32.2. The zero-order valence-corrected chi connectivity index (χ0v) is 11.1. The summed E-state index contributed by atoms with van der Waals surface area (Å²) in [6.45, 7) is 8.41. The summed E-state index contributed by atoms with van der Waals surface area (Å²) in [4.78, 5) is 11.2. The van der Waals surface area contributed by atoms with Crippen LogP contribution in [0.1, 0.15) is 40.5 Å². The lowest BCUT2D eigenvalue weighted by molar-refractivity contribution is -0.121. The molecule has 2 nitrogen and oxygen atoms in total. The van der Waals surface area contributed by atoms with Crippen molar-refractivity contribution in [3.05, 3.63) is 0 Å². The maximum atomic E-state index is 11.2.